The van der Waals surface area contributed by atoms with Crippen molar-refractivity contribution in [3.8, 4) is 11.1 Å². The molecule has 0 amide bonds. The van der Waals surface area contributed by atoms with Gasteiger partial charge >= 0.3 is 0 Å². The zero-order chi connectivity index (χ0) is 12.7. The second-order valence-corrected chi connectivity index (χ2v) is 4.23. The van der Waals surface area contributed by atoms with Crippen molar-refractivity contribution in [3.63, 3.8) is 0 Å². The smallest absolute Gasteiger partial charge is 0.0314 e. The first-order valence-corrected chi connectivity index (χ1v) is 5.76. The molecule has 0 saturated carbocycles. The largest absolute Gasteiger partial charge is 0.399 e. The molecule has 0 aliphatic carbocycles. The minimum Gasteiger partial charge on any atom is -0.399 e. The Balaban J connectivity index is 0.000000317. The van der Waals surface area contributed by atoms with E-state index >= 15 is 0 Å². The molecule has 4 N–H and O–H groups in total. The van der Waals surface area contributed by atoms with Crippen LogP contribution in [0.5, 0.6) is 0 Å². The Morgan fingerprint density at radius 3 is 1.65 bits per heavy atom. The molecule has 0 aromatic heterocycles. The van der Waals surface area contributed by atoms with Crippen LogP contribution in [0.2, 0.25) is 0 Å². The molecule has 17 heavy (non-hydrogen) atoms. The molecule has 2 aromatic carbocycles. The first-order valence-electron chi connectivity index (χ1n) is 5.76. The highest BCUT2D eigenvalue weighted by Crippen LogP contribution is 2.19. The van der Waals surface area contributed by atoms with E-state index in [1.54, 1.807) is 0 Å². The first-order chi connectivity index (χ1) is 8.09. The molecule has 0 bridgehead atoms. The van der Waals surface area contributed by atoms with Crippen LogP contribution in [-0.2, 0) is 0 Å². The zero-order valence-corrected chi connectivity index (χ0v) is 10.4. The first kappa shape index (κ1) is 13.3. The topological polar surface area (TPSA) is 52.0 Å². The Morgan fingerprint density at radius 1 is 0.765 bits per heavy atom. The van der Waals surface area contributed by atoms with Gasteiger partial charge in [0.05, 0.1) is 0 Å². The minimum absolute atomic E-state index is 0.333. The van der Waals surface area contributed by atoms with Gasteiger partial charge in [-0.3, -0.25) is 0 Å². The van der Waals surface area contributed by atoms with Gasteiger partial charge in [-0.2, -0.15) is 0 Å². The van der Waals surface area contributed by atoms with E-state index in [9.17, 15) is 0 Å². The monoisotopic (exact) mass is 228 g/mol. The zero-order valence-electron chi connectivity index (χ0n) is 10.4. The number of benzene rings is 2. The summed E-state index contributed by atoms with van der Waals surface area (Å²) in [7, 11) is 0. The van der Waals surface area contributed by atoms with Gasteiger partial charge in [-0.1, -0.05) is 56.3 Å². The summed E-state index contributed by atoms with van der Waals surface area (Å²) in [5.74, 6) is 0. The van der Waals surface area contributed by atoms with Crippen LogP contribution in [0.1, 0.15) is 13.8 Å². The van der Waals surface area contributed by atoms with E-state index in [2.05, 4.69) is 12.1 Å². The van der Waals surface area contributed by atoms with Crippen molar-refractivity contribution in [2.45, 2.75) is 19.9 Å². The molecule has 0 fully saturated rings. The van der Waals surface area contributed by atoms with E-state index < -0.39 is 0 Å². The molecule has 2 aromatic rings. The Labute approximate surface area is 103 Å². The van der Waals surface area contributed by atoms with Gasteiger partial charge in [0.15, 0.2) is 0 Å². The molecule has 0 aliphatic heterocycles. The van der Waals surface area contributed by atoms with Gasteiger partial charge in [0.2, 0.25) is 0 Å². The van der Waals surface area contributed by atoms with Crippen LogP contribution < -0.4 is 11.5 Å². The molecule has 0 aliphatic rings. The van der Waals surface area contributed by atoms with Crippen LogP contribution in [0.3, 0.4) is 0 Å². The number of nitrogens with two attached hydrogens (primary N) is 2. The van der Waals surface area contributed by atoms with Crippen LogP contribution in [-0.4, -0.2) is 6.04 Å². The predicted molar refractivity (Wildman–Crippen MR) is 75.6 cm³/mol. The molecular formula is C15H20N2. The number of rotatable bonds is 1. The van der Waals surface area contributed by atoms with Crippen LogP contribution in [0.15, 0.2) is 54.6 Å². The van der Waals surface area contributed by atoms with Crippen LogP contribution >= 0.6 is 0 Å². The van der Waals surface area contributed by atoms with Crippen molar-refractivity contribution in [3.05, 3.63) is 54.6 Å². The van der Waals surface area contributed by atoms with E-state index in [-0.39, 0.29) is 0 Å². The van der Waals surface area contributed by atoms with Crippen molar-refractivity contribution in [1.29, 1.82) is 0 Å². The molecule has 90 valence electrons. The third kappa shape index (κ3) is 5.18. The molecule has 0 atom stereocenters. The fourth-order valence-corrected chi connectivity index (χ4v) is 1.31. The average molecular weight is 228 g/mol. The van der Waals surface area contributed by atoms with Gasteiger partial charge in [-0.15, -0.1) is 0 Å². The van der Waals surface area contributed by atoms with Gasteiger partial charge in [0, 0.05) is 5.69 Å². The lowest BCUT2D eigenvalue weighted by Gasteiger charge is -2.00. The maximum Gasteiger partial charge on any atom is 0.0314 e. The predicted octanol–water partition coefficient (Wildman–Crippen LogP) is 3.29. The summed E-state index contributed by atoms with van der Waals surface area (Å²) in [6.07, 6.45) is 0. The van der Waals surface area contributed by atoms with Crippen LogP contribution in [0.4, 0.5) is 5.69 Å². The highest BCUT2D eigenvalue weighted by Gasteiger charge is 1.94. The van der Waals surface area contributed by atoms with Crippen molar-refractivity contribution in [2.24, 2.45) is 5.73 Å². The van der Waals surface area contributed by atoms with Crippen LogP contribution in [0.25, 0.3) is 11.1 Å². The number of hydrogen-bond donors (Lipinski definition) is 2. The standard InChI is InChI=1S/C12H11N.C3H9N/c13-12-8-6-11(7-9-12)10-4-2-1-3-5-10;1-3(2)4/h1-9H,13H2;3H,4H2,1-2H3. The fraction of sp³-hybridized carbons (Fsp3) is 0.200. The van der Waals surface area contributed by atoms with Crippen molar-refractivity contribution in [1.82, 2.24) is 0 Å². The van der Waals surface area contributed by atoms with Crippen LogP contribution in [0, 0.1) is 0 Å². The summed E-state index contributed by atoms with van der Waals surface area (Å²) < 4.78 is 0. The second kappa shape index (κ2) is 6.71. The normalized spacial score (nSPS) is 9.65. The summed E-state index contributed by atoms with van der Waals surface area (Å²) in [6, 6.07) is 18.5. The van der Waals surface area contributed by atoms with Gasteiger partial charge in [0.1, 0.15) is 0 Å². The summed E-state index contributed by atoms with van der Waals surface area (Å²) in [5.41, 5.74) is 13.9. The molecule has 0 radical (unpaired) electrons. The Bertz CT molecular complexity index is 416. The maximum absolute atomic E-state index is 5.60. The molecule has 2 rings (SSSR count). The molecule has 0 spiro atoms. The summed E-state index contributed by atoms with van der Waals surface area (Å²) in [5, 5.41) is 0. The Hall–Kier alpha value is -1.80. The quantitative estimate of drug-likeness (QED) is 0.736. The molecule has 0 unspecified atom stereocenters. The average Bonchev–Trinajstić information content (AvgIpc) is 2.30. The lowest BCUT2D eigenvalue weighted by Crippen LogP contribution is -2.06. The molecule has 2 heteroatoms. The molecule has 0 saturated heterocycles. The van der Waals surface area contributed by atoms with E-state index in [4.69, 9.17) is 11.5 Å². The maximum atomic E-state index is 5.60. The summed E-state index contributed by atoms with van der Waals surface area (Å²) in [6.45, 7) is 3.89. The minimum atomic E-state index is 0.333. The van der Waals surface area contributed by atoms with E-state index in [0.717, 1.165) is 5.69 Å². The fourth-order valence-electron chi connectivity index (χ4n) is 1.31. The van der Waals surface area contributed by atoms with E-state index in [1.165, 1.54) is 11.1 Å². The third-order valence-electron chi connectivity index (χ3n) is 2.02. The van der Waals surface area contributed by atoms with Crippen molar-refractivity contribution < 1.29 is 0 Å². The Morgan fingerprint density at radius 2 is 1.18 bits per heavy atom. The number of anilines is 1. The lowest BCUT2D eigenvalue weighted by molar-refractivity contribution is 0.834. The highest BCUT2D eigenvalue weighted by molar-refractivity contribution is 5.65. The Kier molecular flexibility index (Phi) is 5.24. The summed E-state index contributed by atoms with van der Waals surface area (Å²) in [4.78, 5) is 0. The van der Waals surface area contributed by atoms with Gasteiger partial charge in [-0.05, 0) is 29.3 Å². The second-order valence-electron chi connectivity index (χ2n) is 4.23. The van der Waals surface area contributed by atoms with Gasteiger partial charge in [-0.25, -0.2) is 0 Å². The number of hydrogen-bond acceptors (Lipinski definition) is 2. The van der Waals surface area contributed by atoms with Crippen molar-refractivity contribution >= 4 is 5.69 Å². The summed E-state index contributed by atoms with van der Waals surface area (Å²) >= 11 is 0. The van der Waals surface area contributed by atoms with Gasteiger partial charge in [0.25, 0.3) is 0 Å². The van der Waals surface area contributed by atoms with E-state index in [0.29, 0.717) is 6.04 Å². The number of nitrogen functional groups attached to an aromatic ring is 1. The highest BCUT2D eigenvalue weighted by atomic mass is 14.6. The lowest BCUT2D eigenvalue weighted by atomic mass is 10.1. The van der Waals surface area contributed by atoms with E-state index in [1.807, 2.05) is 56.3 Å². The van der Waals surface area contributed by atoms with Gasteiger partial charge < -0.3 is 11.5 Å². The SMILES string of the molecule is CC(C)N.Nc1ccc(-c2ccccc2)cc1. The molecule has 2 nitrogen and oxygen atoms in total. The third-order valence-corrected chi connectivity index (χ3v) is 2.02. The van der Waals surface area contributed by atoms with Crippen molar-refractivity contribution in [2.75, 3.05) is 5.73 Å². The molecule has 0 heterocycles. The molecular weight excluding hydrogens is 208 g/mol.